The molecule has 3 nitrogen and oxygen atoms in total. The third-order valence-electron chi connectivity index (χ3n) is 3.12. The highest BCUT2D eigenvalue weighted by Crippen LogP contribution is 2.15. The predicted octanol–water partition coefficient (Wildman–Crippen LogP) is 3.15. The molecular formula is C16H26N2OS. The van der Waals surface area contributed by atoms with Crippen LogP contribution in [0.5, 0.6) is 0 Å². The van der Waals surface area contributed by atoms with E-state index in [2.05, 4.69) is 49.7 Å². The van der Waals surface area contributed by atoms with Gasteiger partial charge in [-0.15, -0.1) is 11.8 Å². The van der Waals surface area contributed by atoms with Crippen LogP contribution < -0.4 is 5.32 Å². The van der Waals surface area contributed by atoms with Gasteiger partial charge in [-0.25, -0.2) is 0 Å². The van der Waals surface area contributed by atoms with Crippen LogP contribution >= 0.6 is 11.8 Å². The van der Waals surface area contributed by atoms with Gasteiger partial charge in [-0.3, -0.25) is 4.79 Å². The van der Waals surface area contributed by atoms with Gasteiger partial charge in [0.15, 0.2) is 0 Å². The Bertz CT molecular complexity index is 403. The number of nitrogens with one attached hydrogen (secondary N) is 1. The van der Waals surface area contributed by atoms with Crippen LogP contribution in [0.3, 0.4) is 0 Å². The van der Waals surface area contributed by atoms with Gasteiger partial charge in [0.05, 0.1) is 0 Å². The molecule has 4 heteroatoms. The van der Waals surface area contributed by atoms with Gasteiger partial charge in [0.2, 0.25) is 5.91 Å². The molecule has 0 fully saturated rings. The second-order valence-corrected chi connectivity index (χ2v) is 6.19. The highest BCUT2D eigenvalue weighted by atomic mass is 32.2. The van der Waals surface area contributed by atoms with Crippen molar-refractivity contribution in [2.75, 3.05) is 19.8 Å². The fourth-order valence-corrected chi connectivity index (χ4v) is 2.32. The zero-order valence-electron chi connectivity index (χ0n) is 13.0. The van der Waals surface area contributed by atoms with Crippen LogP contribution in [0.25, 0.3) is 0 Å². The average Bonchev–Trinajstić information content (AvgIpc) is 2.44. The number of carbonyl (C=O) groups excluding carboxylic acids is 1. The quantitative estimate of drug-likeness (QED) is 0.590. The molecule has 0 aliphatic carbocycles. The first-order valence-corrected chi connectivity index (χ1v) is 8.35. The van der Waals surface area contributed by atoms with E-state index in [0.717, 1.165) is 13.0 Å². The van der Waals surface area contributed by atoms with Gasteiger partial charge in [-0.05, 0) is 36.9 Å². The Kier molecular flexibility index (Phi) is 7.70. The molecule has 20 heavy (non-hydrogen) atoms. The smallest absolute Gasteiger partial charge is 0.222 e. The summed E-state index contributed by atoms with van der Waals surface area (Å²) in [6, 6.07) is 8.87. The summed E-state index contributed by atoms with van der Waals surface area (Å²) in [5.41, 5.74) is 1.18. The van der Waals surface area contributed by atoms with Crippen molar-refractivity contribution in [3.8, 4) is 0 Å². The van der Waals surface area contributed by atoms with Crippen molar-refractivity contribution in [1.82, 2.24) is 10.2 Å². The Balaban J connectivity index is 2.33. The van der Waals surface area contributed by atoms with E-state index >= 15 is 0 Å². The van der Waals surface area contributed by atoms with Gasteiger partial charge in [0, 0.05) is 31.0 Å². The molecule has 0 saturated heterocycles. The van der Waals surface area contributed by atoms with Crippen LogP contribution in [0, 0.1) is 0 Å². The lowest BCUT2D eigenvalue weighted by molar-refractivity contribution is -0.130. The second kappa shape index (κ2) is 9.03. The maximum Gasteiger partial charge on any atom is 0.222 e. The van der Waals surface area contributed by atoms with Crippen molar-refractivity contribution in [2.45, 2.75) is 44.2 Å². The van der Waals surface area contributed by atoms with Gasteiger partial charge in [0.25, 0.3) is 0 Å². The first kappa shape index (κ1) is 17.1. The predicted molar refractivity (Wildman–Crippen MR) is 87.1 cm³/mol. The molecule has 0 bridgehead atoms. The first-order chi connectivity index (χ1) is 9.52. The number of hydrogen-bond donors (Lipinski definition) is 1. The molecule has 0 spiro atoms. The molecule has 0 radical (unpaired) electrons. The molecule has 0 aliphatic rings. The Morgan fingerprint density at radius 2 is 1.95 bits per heavy atom. The van der Waals surface area contributed by atoms with Crippen LogP contribution in [0.4, 0.5) is 0 Å². The van der Waals surface area contributed by atoms with Gasteiger partial charge in [-0.1, -0.05) is 26.0 Å². The number of thioether (sulfide) groups is 1. The van der Waals surface area contributed by atoms with Crippen LogP contribution in [0.2, 0.25) is 0 Å². The zero-order chi connectivity index (χ0) is 15.0. The Morgan fingerprint density at radius 3 is 2.50 bits per heavy atom. The van der Waals surface area contributed by atoms with E-state index in [9.17, 15) is 4.79 Å². The van der Waals surface area contributed by atoms with Crippen molar-refractivity contribution < 1.29 is 4.79 Å². The van der Waals surface area contributed by atoms with Gasteiger partial charge in [0.1, 0.15) is 0 Å². The minimum atomic E-state index is 0.212. The van der Waals surface area contributed by atoms with E-state index in [4.69, 9.17) is 0 Å². The van der Waals surface area contributed by atoms with Gasteiger partial charge in [-0.2, -0.15) is 0 Å². The standard InChI is InChI=1S/C16H26N2OS/c1-13(2)17-11-5-6-16(19)18(3)12-14-7-9-15(20-4)10-8-14/h7-10,13,17H,5-6,11-12H2,1-4H3. The molecule has 0 aliphatic heterocycles. The Labute approximate surface area is 127 Å². The van der Waals surface area contributed by atoms with E-state index in [1.165, 1.54) is 10.5 Å². The third kappa shape index (κ3) is 6.44. The topological polar surface area (TPSA) is 32.3 Å². The zero-order valence-corrected chi connectivity index (χ0v) is 13.8. The second-order valence-electron chi connectivity index (χ2n) is 5.31. The molecule has 1 rings (SSSR count). The third-order valence-corrected chi connectivity index (χ3v) is 3.87. The van der Waals surface area contributed by atoms with E-state index in [1.807, 2.05) is 11.9 Å². The lowest BCUT2D eigenvalue weighted by Gasteiger charge is -2.17. The summed E-state index contributed by atoms with van der Waals surface area (Å²) in [4.78, 5) is 15.1. The molecule has 1 N–H and O–H groups in total. The summed E-state index contributed by atoms with van der Waals surface area (Å²) in [6.07, 6.45) is 3.57. The highest BCUT2D eigenvalue weighted by Gasteiger charge is 2.09. The first-order valence-electron chi connectivity index (χ1n) is 7.13. The summed E-state index contributed by atoms with van der Waals surface area (Å²) in [6.45, 7) is 5.82. The molecule has 1 amide bonds. The maximum atomic E-state index is 12.0. The van der Waals surface area contributed by atoms with Crippen molar-refractivity contribution in [2.24, 2.45) is 0 Å². The summed E-state index contributed by atoms with van der Waals surface area (Å²) in [5, 5.41) is 3.33. The highest BCUT2D eigenvalue weighted by molar-refractivity contribution is 7.98. The number of carbonyl (C=O) groups is 1. The lowest BCUT2D eigenvalue weighted by Crippen LogP contribution is -2.28. The number of nitrogens with zero attached hydrogens (tertiary/aromatic N) is 1. The fourth-order valence-electron chi connectivity index (χ4n) is 1.91. The van der Waals surface area contributed by atoms with E-state index in [1.54, 1.807) is 11.8 Å². The van der Waals surface area contributed by atoms with Crippen LogP contribution in [0.15, 0.2) is 29.2 Å². The van der Waals surface area contributed by atoms with E-state index in [-0.39, 0.29) is 5.91 Å². The number of amides is 1. The molecular weight excluding hydrogens is 268 g/mol. The summed E-state index contributed by atoms with van der Waals surface area (Å²) < 4.78 is 0. The summed E-state index contributed by atoms with van der Waals surface area (Å²) in [7, 11) is 1.88. The SMILES string of the molecule is CSc1ccc(CN(C)C(=O)CCCNC(C)C)cc1. The average molecular weight is 294 g/mol. The minimum Gasteiger partial charge on any atom is -0.341 e. The summed E-state index contributed by atoms with van der Waals surface area (Å²) in [5.74, 6) is 0.212. The normalized spacial score (nSPS) is 10.8. The molecule has 0 heterocycles. The van der Waals surface area contributed by atoms with Crippen LogP contribution in [-0.2, 0) is 11.3 Å². The number of rotatable bonds is 8. The molecule has 0 aromatic heterocycles. The van der Waals surface area contributed by atoms with Crippen LogP contribution in [0.1, 0.15) is 32.3 Å². The molecule has 0 saturated carbocycles. The molecule has 1 aromatic carbocycles. The van der Waals surface area contributed by atoms with Crippen molar-refractivity contribution >= 4 is 17.7 Å². The molecule has 112 valence electrons. The Hall–Kier alpha value is -1.00. The minimum absolute atomic E-state index is 0.212. The van der Waals surface area contributed by atoms with Gasteiger partial charge >= 0.3 is 0 Å². The monoisotopic (exact) mass is 294 g/mol. The molecule has 0 atom stereocenters. The van der Waals surface area contributed by atoms with Crippen molar-refractivity contribution in [1.29, 1.82) is 0 Å². The molecule has 0 unspecified atom stereocenters. The lowest BCUT2D eigenvalue weighted by atomic mass is 10.2. The fraction of sp³-hybridized carbons (Fsp3) is 0.562. The van der Waals surface area contributed by atoms with Gasteiger partial charge < -0.3 is 10.2 Å². The van der Waals surface area contributed by atoms with E-state index < -0.39 is 0 Å². The van der Waals surface area contributed by atoms with E-state index in [0.29, 0.717) is 19.0 Å². The number of benzene rings is 1. The maximum absolute atomic E-state index is 12.0. The Morgan fingerprint density at radius 1 is 1.30 bits per heavy atom. The summed E-state index contributed by atoms with van der Waals surface area (Å²) >= 11 is 1.73. The van der Waals surface area contributed by atoms with Crippen LogP contribution in [-0.4, -0.2) is 36.7 Å². The number of hydrogen-bond acceptors (Lipinski definition) is 3. The van der Waals surface area contributed by atoms with Crippen molar-refractivity contribution in [3.63, 3.8) is 0 Å². The van der Waals surface area contributed by atoms with Crippen molar-refractivity contribution in [3.05, 3.63) is 29.8 Å². The largest absolute Gasteiger partial charge is 0.341 e. The molecule has 1 aromatic rings.